The molecule has 0 atom stereocenters. The molecule has 0 amide bonds. The van der Waals surface area contributed by atoms with E-state index >= 15 is 0 Å². The number of nitrogens with zero attached hydrogens (tertiary/aromatic N) is 3. The Bertz CT molecular complexity index is 969. The van der Waals surface area contributed by atoms with E-state index in [-0.39, 0.29) is 0 Å². The largest absolute Gasteiger partial charge is 0.371 e. The zero-order valence-corrected chi connectivity index (χ0v) is 18.6. The van der Waals surface area contributed by atoms with E-state index < -0.39 is 0 Å². The van der Waals surface area contributed by atoms with Crippen molar-refractivity contribution in [3.8, 4) is 5.69 Å². The average Bonchev–Trinajstić information content (AvgIpc) is 2.91. The minimum absolute atomic E-state index is 0.828. The van der Waals surface area contributed by atoms with Gasteiger partial charge in [0.1, 0.15) is 5.65 Å². The zero-order valence-electron chi connectivity index (χ0n) is 15.4. The summed E-state index contributed by atoms with van der Waals surface area (Å²) in [7, 11) is 0. The first-order valence-electron chi connectivity index (χ1n) is 9.13. The van der Waals surface area contributed by atoms with Crippen LogP contribution in [0.3, 0.4) is 0 Å². The summed E-state index contributed by atoms with van der Waals surface area (Å²) in [6.07, 6.45) is 4.74. The van der Waals surface area contributed by atoms with Gasteiger partial charge in [0.25, 0.3) is 0 Å². The van der Waals surface area contributed by atoms with Crippen LogP contribution in [0.2, 0.25) is 0 Å². The van der Waals surface area contributed by atoms with Crippen molar-refractivity contribution in [3.63, 3.8) is 0 Å². The van der Waals surface area contributed by atoms with E-state index in [1.54, 1.807) is 0 Å². The molecular formula is C21H23Br2N3. The van der Waals surface area contributed by atoms with Gasteiger partial charge in [0.2, 0.25) is 0 Å². The minimum atomic E-state index is 0.828. The fraction of sp³-hybridized carbons (Fsp3) is 0.381. The number of benzene rings is 1. The highest BCUT2D eigenvalue weighted by atomic mass is 79.9. The van der Waals surface area contributed by atoms with Gasteiger partial charge in [0.05, 0.1) is 5.69 Å². The number of aryl methyl sites for hydroxylation is 2. The van der Waals surface area contributed by atoms with Crippen LogP contribution in [-0.2, 0) is 0 Å². The second-order valence-corrected chi connectivity index (χ2v) is 9.20. The number of aromatic nitrogens is 2. The number of halogens is 2. The van der Waals surface area contributed by atoms with Crippen molar-refractivity contribution in [3.05, 3.63) is 50.7 Å². The minimum Gasteiger partial charge on any atom is -0.371 e. The summed E-state index contributed by atoms with van der Waals surface area (Å²) in [6.45, 7) is 8.91. The van der Waals surface area contributed by atoms with Gasteiger partial charge in [-0.25, -0.2) is 4.98 Å². The van der Waals surface area contributed by atoms with Gasteiger partial charge in [-0.3, -0.25) is 4.57 Å². The molecule has 0 spiro atoms. The molecule has 5 heteroatoms. The number of pyridine rings is 1. The van der Waals surface area contributed by atoms with E-state index in [9.17, 15) is 0 Å². The lowest BCUT2D eigenvalue weighted by Crippen LogP contribution is -2.33. The molecule has 4 rings (SSSR count). The summed E-state index contributed by atoms with van der Waals surface area (Å²) in [5, 5.41) is 1.28. The second-order valence-electron chi connectivity index (χ2n) is 7.43. The molecule has 1 aliphatic heterocycles. The van der Waals surface area contributed by atoms with E-state index in [0.29, 0.717) is 0 Å². The number of hydrogen-bond donors (Lipinski definition) is 0. The quantitative estimate of drug-likeness (QED) is 0.426. The summed E-state index contributed by atoms with van der Waals surface area (Å²) in [5.74, 6) is 0.828. The number of piperidine rings is 1. The number of hydrogen-bond acceptors (Lipinski definition) is 2. The maximum Gasteiger partial charge on any atom is 0.147 e. The molecule has 1 saturated heterocycles. The lowest BCUT2D eigenvalue weighted by Gasteiger charge is -2.33. The van der Waals surface area contributed by atoms with Crippen molar-refractivity contribution in [1.82, 2.24) is 9.55 Å². The second kappa shape index (κ2) is 7.01. The fourth-order valence-corrected chi connectivity index (χ4v) is 5.11. The van der Waals surface area contributed by atoms with Crippen LogP contribution in [0.15, 0.2) is 39.4 Å². The molecule has 0 aliphatic carbocycles. The fourth-order valence-electron chi connectivity index (χ4n) is 3.87. The third kappa shape index (κ3) is 3.20. The summed E-state index contributed by atoms with van der Waals surface area (Å²) in [6, 6.07) is 8.54. The van der Waals surface area contributed by atoms with Crippen molar-refractivity contribution in [2.24, 2.45) is 5.92 Å². The van der Waals surface area contributed by atoms with Gasteiger partial charge < -0.3 is 4.90 Å². The van der Waals surface area contributed by atoms with Crippen LogP contribution in [0.5, 0.6) is 0 Å². The molecule has 0 unspecified atom stereocenters. The Morgan fingerprint density at radius 1 is 1.04 bits per heavy atom. The van der Waals surface area contributed by atoms with Gasteiger partial charge in [0, 0.05) is 45.0 Å². The van der Waals surface area contributed by atoms with Crippen molar-refractivity contribution < 1.29 is 0 Å². The summed E-state index contributed by atoms with van der Waals surface area (Å²) in [5.41, 5.74) is 5.83. The molecule has 136 valence electrons. The Balaban J connectivity index is 1.90. The number of fused-ring (bicyclic) bond motifs is 1. The van der Waals surface area contributed by atoms with Crippen LogP contribution < -0.4 is 4.90 Å². The first kappa shape index (κ1) is 18.1. The highest BCUT2D eigenvalue weighted by molar-refractivity contribution is 9.11. The van der Waals surface area contributed by atoms with Crippen molar-refractivity contribution >= 4 is 48.6 Å². The predicted octanol–water partition coefficient (Wildman–Crippen LogP) is 6.40. The van der Waals surface area contributed by atoms with Crippen LogP contribution in [0, 0.1) is 19.8 Å². The normalized spacial score (nSPS) is 15.8. The molecule has 1 aliphatic rings. The lowest BCUT2D eigenvalue weighted by molar-refractivity contribution is 0.439. The van der Waals surface area contributed by atoms with E-state index in [4.69, 9.17) is 4.98 Å². The van der Waals surface area contributed by atoms with Crippen LogP contribution in [-0.4, -0.2) is 22.6 Å². The molecule has 1 fully saturated rings. The van der Waals surface area contributed by atoms with Gasteiger partial charge in [-0.1, -0.05) is 22.9 Å². The zero-order chi connectivity index (χ0) is 18.4. The van der Waals surface area contributed by atoms with Gasteiger partial charge in [-0.2, -0.15) is 0 Å². The average molecular weight is 477 g/mol. The summed E-state index contributed by atoms with van der Waals surface area (Å²) < 4.78 is 4.33. The highest BCUT2D eigenvalue weighted by Crippen LogP contribution is 2.36. The highest BCUT2D eigenvalue weighted by Gasteiger charge is 2.22. The van der Waals surface area contributed by atoms with E-state index in [0.717, 1.165) is 45.0 Å². The van der Waals surface area contributed by atoms with E-state index in [2.05, 4.69) is 92.6 Å². The molecule has 3 heterocycles. The molecule has 0 radical (unpaired) electrons. The predicted molar refractivity (Wildman–Crippen MR) is 117 cm³/mol. The Morgan fingerprint density at radius 3 is 2.46 bits per heavy atom. The summed E-state index contributed by atoms with van der Waals surface area (Å²) >= 11 is 7.25. The first-order valence-corrected chi connectivity index (χ1v) is 10.7. The topological polar surface area (TPSA) is 21.1 Å². The smallest absolute Gasteiger partial charge is 0.147 e. The van der Waals surface area contributed by atoms with Crippen molar-refractivity contribution in [2.75, 3.05) is 18.0 Å². The molecular weight excluding hydrogens is 454 g/mol. The standard InChI is InChI=1S/C21H23Br2N3/c1-13-6-8-25(9-7-13)19-10-15(3)24-21-20(19)14(2)12-26(21)18-5-4-16(22)11-17(18)23/h4-5,10-13H,6-9H2,1-3H3. The Labute approximate surface area is 171 Å². The molecule has 0 bridgehead atoms. The van der Waals surface area contributed by atoms with Gasteiger partial charge >= 0.3 is 0 Å². The molecule has 26 heavy (non-hydrogen) atoms. The van der Waals surface area contributed by atoms with Gasteiger partial charge in [-0.15, -0.1) is 0 Å². The molecule has 3 nitrogen and oxygen atoms in total. The molecule has 0 saturated carbocycles. The third-order valence-corrected chi connectivity index (χ3v) is 6.47. The van der Waals surface area contributed by atoms with Crippen LogP contribution in [0.1, 0.15) is 31.0 Å². The van der Waals surface area contributed by atoms with E-state index in [1.807, 2.05) is 0 Å². The maximum atomic E-state index is 4.91. The molecule has 0 N–H and O–H groups in total. The maximum absolute atomic E-state index is 4.91. The van der Waals surface area contributed by atoms with Crippen LogP contribution in [0.4, 0.5) is 5.69 Å². The van der Waals surface area contributed by atoms with Crippen molar-refractivity contribution in [1.29, 1.82) is 0 Å². The van der Waals surface area contributed by atoms with Crippen molar-refractivity contribution in [2.45, 2.75) is 33.6 Å². The Kier molecular flexibility index (Phi) is 4.86. The van der Waals surface area contributed by atoms with Gasteiger partial charge in [-0.05, 0) is 78.4 Å². The van der Waals surface area contributed by atoms with Crippen LogP contribution >= 0.6 is 31.9 Å². The first-order chi connectivity index (χ1) is 12.4. The molecule has 2 aromatic heterocycles. The molecule has 1 aromatic carbocycles. The Hall–Kier alpha value is -1.33. The summed E-state index contributed by atoms with van der Waals surface area (Å²) in [4.78, 5) is 7.46. The van der Waals surface area contributed by atoms with Gasteiger partial charge in [0.15, 0.2) is 0 Å². The third-order valence-electron chi connectivity index (χ3n) is 5.35. The monoisotopic (exact) mass is 475 g/mol. The SMILES string of the molecule is Cc1cc(N2CCC(C)CC2)c2c(C)cn(-c3ccc(Br)cc3Br)c2n1. The molecule has 3 aromatic rings. The van der Waals surface area contributed by atoms with E-state index in [1.165, 1.54) is 29.5 Å². The lowest BCUT2D eigenvalue weighted by atomic mass is 9.98. The Morgan fingerprint density at radius 2 is 1.77 bits per heavy atom. The number of rotatable bonds is 2. The number of anilines is 1. The van der Waals surface area contributed by atoms with Crippen LogP contribution in [0.25, 0.3) is 16.7 Å².